The summed E-state index contributed by atoms with van der Waals surface area (Å²) in [6.45, 7) is 11.4. The van der Waals surface area contributed by atoms with E-state index in [1.807, 2.05) is 12.8 Å². The SMILES string of the molecule is CBr.CC[C@H]1[C@@H](OC(C)=O)C2C3CC[C@H]([C@H](C)CC(=O)O)[C@@]3(C)C(=O)CC2[C@@]2(C)CC[C@@H](OC(C)=O)C[C@@H]12. The number of aliphatic carboxylic acids is 1. The molecule has 0 spiro atoms. The number of carboxylic acids is 1. The molecular formula is C30H47BrO7. The molecule has 0 aliphatic heterocycles. The summed E-state index contributed by atoms with van der Waals surface area (Å²) in [4.78, 5) is 49.7. The molecule has 4 fully saturated rings. The first-order chi connectivity index (χ1) is 17.8. The van der Waals surface area contributed by atoms with Gasteiger partial charge in [0.1, 0.15) is 18.0 Å². The second-order valence-corrected chi connectivity index (χ2v) is 12.7. The number of esters is 2. The van der Waals surface area contributed by atoms with Gasteiger partial charge in [0.2, 0.25) is 0 Å². The number of carboxylic acid groups (broad SMARTS) is 1. The lowest BCUT2D eigenvalue weighted by atomic mass is 9.41. The van der Waals surface area contributed by atoms with Crippen LogP contribution in [0, 0.1) is 52.3 Å². The molecule has 8 heteroatoms. The molecule has 0 radical (unpaired) electrons. The van der Waals surface area contributed by atoms with Gasteiger partial charge in [-0.2, -0.15) is 0 Å². The third-order valence-electron chi connectivity index (χ3n) is 11.1. The maximum atomic E-state index is 14.0. The van der Waals surface area contributed by atoms with Crippen molar-refractivity contribution in [3.8, 4) is 0 Å². The number of ether oxygens (including phenoxy) is 2. The van der Waals surface area contributed by atoms with Crippen LogP contribution in [0.2, 0.25) is 0 Å². The molecule has 0 saturated heterocycles. The third-order valence-corrected chi connectivity index (χ3v) is 11.1. The van der Waals surface area contributed by atoms with Crippen molar-refractivity contribution < 1.29 is 33.8 Å². The first-order valence-electron chi connectivity index (χ1n) is 14.3. The van der Waals surface area contributed by atoms with E-state index in [1.165, 1.54) is 13.8 Å². The Balaban J connectivity index is 0.00000195. The van der Waals surface area contributed by atoms with Gasteiger partial charge in [0.25, 0.3) is 0 Å². The van der Waals surface area contributed by atoms with Gasteiger partial charge < -0.3 is 14.6 Å². The van der Waals surface area contributed by atoms with Crippen LogP contribution in [0.25, 0.3) is 0 Å². The van der Waals surface area contributed by atoms with Gasteiger partial charge in [-0.25, -0.2) is 0 Å². The fourth-order valence-electron chi connectivity index (χ4n) is 9.68. The number of halogens is 1. The minimum Gasteiger partial charge on any atom is -0.481 e. The zero-order chi connectivity index (χ0) is 28.6. The number of carbonyl (C=O) groups is 4. The van der Waals surface area contributed by atoms with Crippen molar-refractivity contribution in [1.82, 2.24) is 0 Å². The monoisotopic (exact) mass is 598 g/mol. The first kappa shape index (κ1) is 31.1. The first-order valence-corrected chi connectivity index (χ1v) is 15.9. The largest absolute Gasteiger partial charge is 0.481 e. The van der Waals surface area contributed by atoms with E-state index >= 15 is 0 Å². The summed E-state index contributed by atoms with van der Waals surface area (Å²) in [6.07, 6.45) is 5.07. The van der Waals surface area contributed by atoms with Crippen molar-refractivity contribution in [2.24, 2.45) is 52.3 Å². The molecule has 11 atom stereocenters. The van der Waals surface area contributed by atoms with Gasteiger partial charge in [-0.1, -0.05) is 43.6 Å². The van der Waals surface area contributed by atoms with Gasteiger partial charge in [0, 0.05) is 38.0 Å². The molecule has 4 rings (SSSR count). The maximum Gasteiger partial charge on any atom is 0.303 e. The zero-order valence-corrected chi connectivity index (χ0v) is 25.7. The van der Waals surface area contributed by atoms with E-state index in [0.29, 0.717) is 6.42 Å². The predicted octanol–water partition coefficient (Wildman–Crippen LogP) is 6.06. The molecule has 0 bridgehead atoms. The molecule has 0 aromatic carbocycles. The second kappa shape index (κ2) is 12.0. The molecular weight excluding hydrogens is 552 g/mol. The summed E-state index contributed by atoms with van der Waals surface area (Å²) in [5.41, 5.74) is -0.689. The van der Waals surface area contributed by atoms with E-state index in [4.69, 9.17) is 9.47 Å². The lowest BCUT2D eigenvalue weighted by molar-refractivity contribution is -0.216. The highest BCUT2D eigenvalue weighted by Crippen LogP contribution is 2.69. The van der Waals surface area contributed by atoms with E-state index < -0.39 is 11.4 Å². The van der Waals surface area contributed by atoms with Crippen LogP contribution in [0.3, 0.4) is 0 Å². The standard InChI is InChI=1S/C29H44O7.CH3Br/c1-7-19-22-13-18(35-16(3)30)10-11-28(22,5)23-14-24(32)29(6)20(15(2)12-25(33)34)8-9-21(29)26(23)27(19)36-17(4)31;1-2/h15,18-23,26-27H,7-14H2,1-6H3,(H,33,34);1H3/t15-,18-,19-,20-,21?,22+,23?,26?,27-,28+,29-;/m1./s1. The van der Waals surface area contributed by atoms with Crippen molar-refractivity contribution in [3.05, 3.63) is 0 Å². The lowest BCUT2D eigenvalue weighted by Crippen LogP contribution is -2.65. The highest BCUT2D eigenvalue weighted by Gasteiger charge is 2.68. The van der Waals surface area contributed by atoms with Gasteiger partial charge in [0.15, 0.2) is 0 Å². The van der Waals surface area contributed by atoms with E-state index in [2.05, 4.69) is 36.7 Å². The summed E-state index contributed by atoms with van der Waals surface area (Å²) >= 11 is 2.94. The molecule has 0 amide bonds. The maximum absolute atomic E-state index is 14.0. The van der Waals surface area contributed by atoms with E-state index in [9.17, 15) is 24.3 Å². The molecule has 216 valence electrons. The van der Waals surface area contributed by atoms with Gasteiger partial charge in [-0.15, -0.1) is 0 Å². The van der Waals surface area contributed by atoms with E-state index in [-0.39, 0.29) is 83.2 Å². The molecule has 0 aromatic rings. The Bertz CT molecular complexity index is 920. The van der Waals surface area contributed by atoms with Crippen molar-refractivity contribution in [1.29, 1.82) is 0 Å². The fraction of sp³-hybridized carbons (Fsp3) is 0.867. The Kier molecular flexibility index (Phi) is 9.80. The fourth-order valence-corrected chi connectivity index (χ4v) is 9.68. The number of fused-ring (bicyclic) bond motifs is 5. The number of carbonyl (C=O) groups excluding carboxylic acids is 3. The van der Waals surface area contributed by atoms with Crippen LogP contribution in [-0.2, 0) is 28.7 Å². The molecule has 0 aromatic heterocycles. The number of hydrogen-bond acceptors (Lipinski definition) is 6. The van der Waals surface area contributed by atoms with Crippen LogP contribution >= 0.6 is 15.9 Å². The van der Waals surface area contributed by atoms with E-state index in [0.717, 1.165) is 38.5 Å². The Morgan fingerprint density at radius 3 is 2.21 bits per heavy atom. The van der Waals surface area contributed by atoms with Gasteiger partial charge in [-0.3, -0.25) is 19.2 Å². The van der Waals surface area contributed by atoms with Crippen molar-refractivity contribution >= 4 is 39.6 Å². The van der Waals surface area contributed by atoms with Crippen molar-refractivity contribution in [2.45, 2.75) is 105 Å². The third kappa shape index (κ3) is 5.32. The number of ketones is 1. The quantitative estimate of drug-likeness (QED) is 0.292. The van der Waals surface area contributed by atoms with Gasteiger partial charge in [0.05, 0.1) is 0 Å². The van der Waals surface area contributed by atoms with E-state index in [1.54, 1.807) is 0 Å². The zero-order valence-electron chi connectivity index (χ0n) is 24.1. The smallest absolute Gasteiger partial charge is 0.303 e. The van der Waals surface area contributed by atoms with Crippen LogP contribution < -0.4 is 0 Å². The molecule has 0 heterocycles. The molecule has 4 aliphatic carbocycles. The topological polar surface area (TPSA) is 107 Å². The molecule has 4 saturated carbocycles. The van der Waals surface area contributed by atoms with Crippen LogP contribution in [0.4, 0.5) is 0 Å². The van der Waals surface area contributed by atoms with Crippen molar-refractivity contribution in [3.63, 3.8) is 0 Å². The van der Waals surface area contributed by atoms with Crippen molar-refractivity contribution in [2.75, 3.05) is 5.83 Å². The Hall–Kier alpha value is -1.44. The molecule has 4 aliphatic rings. The molecule has 38 heavy (non-hydrogen) atoms. The highest BCUT2D eigenvalue weighted by molar-refractivity contribution is 9.08. The summed E-state index contributed by atoms with van der Waals surface area (Å²) in [5.74, 6) is 1.22. The lowest BCUT2D eigenvalue weighted by Gasteiger charge is -2.64. The Morgan fingerprint density at radius 1 is 1.03 bits per heavy atom. The molecule has 7 nitrogen and oxygen atoms in total. The average molecular weight is 600 g/mol. The normalized spacial score (nSPS) is 42.4. The predicted molar refractivity (Wildman–Crippen MR) is 148 cm³/mol. The number of alkyl halides is 1. The molecule has 1 N–H and O–H groups in total. The minimum atomic E-state index is -0.822. The summed E-state index contributed by atoms with van der Waals surface area (Å²) < 4.78 is 11.8. The van der Waals surface area contributed by atoms with Crippen LogP contribution in [0.1, 0.15) is 92.9 Å². The minimum absolute atomic E-state index is 0.0235. The van der Waals surface area contributed by atoms with Crippen LogP contribution in [0.5, 0.6) is 0 Å². The Morgan fingerprint density at radius 2 is 1.66 bits per heavy atom. The number of hydrogen-bond donors (Lipinski definition) is 1. The summed E-state index contributed by atoms with van der Waals surface area (Å²) in [5, 5.41) is 9.45. The second-order valence-electron chi connectivity index (χ2n) is 12.7. The number of rotatable bonds is 6. The van der Waals surface area contributed by atoms with Crippen LogP contribution in [-0.4, -0.2) is 46.8 Å². The molecule has 3 unspecified atom stereocenters. The Labute approximate surface area is 236 Å². The average Bonchev–Trinajstić information content (AvgIpc) is 3.19. The number of Topliss-reactive ketones (excluding diaryl/α,β-unsaturated/α-hetero) is 1. The summed E-state index contributed by atoms with van der Waals surface area (Å²) in [7, 11) is 0. The summed E-state index contributed by atoms with van der Waals surface area (Å²) in [6, 6.07) is 0. The van der Waals surface area contributed by atoms with Gasteiger partial charge in [-0.05, 0) is 85.3 Å². The highest BCUT2D eigenvalue weighted by atomic mass is 79.9. The van der Waals surface area contributed by atoms with Gasteiger partial charge >= 0.3 is 17.9 Å². The van der Waals surface area contributed by atoms with Crippen LogP contribution in [0.15, 0.2) is 0 Å².